The summed E-state index contributed by atoms with van der Waals surface area (Å²) in [6, 6.07) is 15.5. The van der Waals surface area contributed by atoms with Gasteiger partial charge in [-0.05, 0) is 30.3 Å². The molecular formula is C15H11ClN4O2. The van der Waals surface area contributed by atoms with Gasteiger partial charge in [0.15, 0.2) is 0 Å². The molecule has 2 N–H and O–H groups in total. The summed E-state index contributed by atoms with van der Waals surface area (Å²) < 4.78 is 1.13. The minimum atomic E-state index is -0.519. The minimum Gasteiger partial charge on any atom is -0.319 e. The molecule has 0 unspecified atom stereocenters. The number of anilines is 1. The van der Waals surface area contributed by atoms with Crippen molar-refractivity contribution in [2.24, 2.45) is 0 Å². The number of carbonyl (C=O) groups excluding carboxylic acids is 1. The van der Waals surface area contributed by atoms with E-state index >= 15 is 0 Å². The van der Waals surface area contributed by atoms with Crippen LogP contribution in [-0.2, 0) is 0 Å². The topological polar surface area (TPSA) is 79.8 Å². The zero-order chi connectivity index (χ0) is 15.5. The second-order valence-electron chi connectivity index (χ2n) is 4.49. The van der Waals surface area contributed by atoms with Crippen LogP contribution in [0.4, 0.5) is 5.69 Å². The predicted molar refractivity (Wildman–Crippen MR) is 83.6 cm³/mol. The molecular weight excluding hydrogens is 304 g/mol. The quantitative estimate of drug-likeness (QED) is 0.779. The Labute approximate surface area is 130 Å². The Kier molecular flexibility index (Phi) is 3.76. The van der Waals surface area contributed by atoms with E-state index in [1.807, 2.05) is 6.07 Å². The van der Waals surface area contributed by atoms with Crippen LogP contribution in [0.15, 0.2) is 59.4 Å². The van der Waals surface area contributed by atoms with Crippen LogP contribution in [0.1, 0.15) is 10.6 Å². The van der Waals surface area contributed by atoms with E-state index < -0.39 is 11.6 Å². The summed E-state index contributed by atoms with van der Waals surface area (Å²) in [6.07, 6.45) is 0. The third-order valence-electron chi connectivity index (χ3n) is 2.92. The second-order valence-corrected chi connectivity index (χ2v) is 4.93. The van der Waals surface area contributed by atoms with Gasteiger partial charge in [0.25, 0.3) is 5.91 Å². The van der Waals surface area contributed by atoms with Crippen molar-refractivity contribution in [2.45, 2.75) is 0 Å². The number of aromatic nitrogens is 3. The van der Waals surface area contributed by atoms with Crippen LogP contribution < -0.4 is 11.0 Å². The molecule has 110 valence electrons. The minimum absolute atomic E-state index is 0.0752. The molecule has 0 atom stereocenters. The first-order valence-electron chi connectivity index (χ1n) is 6.45. The van der Waals surface area contributed by atoms with Crippen molar-refractivity contribution in [3.8, 4) is 5.69 Å². The molecule has 1 amide bonds. The standard InChI is InChI=1S/C15H11ClN4O2/c16-10-5-4-6-11(9-10)17-14(21)13-18-15(22)20(19-13)12-7-2-1-3-8-12/h1-9H,(H,17,21)(H,18,19,22). The summed E-state index contributed by atoms with van der Waals surface area (Å²) in [4.78, 5) is 26.4. The molecule has 0 radical (unpaired) electrons. The first-order valence-corrected chi connectivity index (χ1v) is 6.83. The average Bonchev–Trinajstić information content (AvgIpc) is 2.90. The van der Waals surface area contributed by atoms with Crippen molar-refractivity contribution in [3.05, 3.63) is 75.9 Å². The van der Waals surface area contributed by atoms with Crippen molar-refractivity contribution in [2.75, 3.05) is 5.32 Å². The molecule has 6 nitrogen and oxygen atoms in total. The first kappa shape index (κ1) is 14.1. The molecule has 1 heterocycles. The van der Waals surface area contributed by atoms with Gasteiger partial charge in [-0.3, -0.25) is 9.78 Å². The number of hydrogen-bond acceptors (Lipinski definition) is 3. The fourth-order valence-electron chi connectivity index (χ4n) is 1.93. The summed E-state index contributed by atoms with van der Waals surface area (Å²) in [5.74, 6) is -0.595. The van der Waals surface area contributed by atoms with Gasteiger partial charge in [-0.15, -0.1) is 5.10 Å². The van der Waals surface area contributed by atoms with Crippen LogP contribution in [0, 0.1) is 0 Å². The van der Waals surface area contributed by atoms with Crippen molar-refractivity contribution < 1.29 is 4.79 Å². The molecule has 0 bridgehead atoms. The Bertz CT molecular complexity index is 871. The van der Waals surface area contributed by atoms with Crippen LogP contribution in [0.5, 0.6) is 0 Å². The Morgan fingerprint density at radius 2 is 1.91 bits per heavy atom. The van der Waals surface area contributed by atoms with E-state index in [0.717, 1.165) is 4.68 Å². The summed E-state index contributed by atoms with van der Waals surface area (Å²) in [6.45, 7) is 0. The highest BCUT2D eigenvalue weighted by Crippen LogP contribution is 2.15. The van der Waals surface area contributed by atoms with Crippen molar-refractivity contribution in [3.63, 3.8) is 0 Å². The summed E-state index contributed by atoms with van der Waals surface area (Å²) in [7, 11) is 0. The van der Waals surface area contributed by atoms with Gasteiger partial charge in [0, 0.05) is 10.7 Å². The molecule has 0 saturated carbocycles. The highest BCUT2D eigenvalue weighted by atomic mass is 35.5. The molecule has 0 aliphatic rings. The molecule has 0 saturated heterocycles. The summed E-state index contributed by atoms with van der Waals surface area (Å²) >= 11 is 5.85. The number of aromatic amines is 1. The number of nitrogens with one attached hydrogen (secondary N) is 2. The molecule has 1 aromatic heterocycles. The number of H-pyrrole nitrogens is 1. The van der Waals surface area contributed by atoms with E-state index in [-0.39, 0.29) is 5.82 Å². The van der Waals surface area contributed by atoms with Crippen molar-refractivity contribution in [1.29, 1.82) is 0 Å². The maximum Gasteiger partial charge on any atom is 0.348 e. The SMILES string of the molecule is O=C(Nc1cccc(Cl)c1)c1nn(-c2ccccc2)c(=O)[nH]1. The zero-order valence-electron chi connectivity index (χ0n) is 11.3. The largest absolute Gasteiger partial charge is 0.348 e. The third kappa shape index (κ3) is 2.91. The lowest BCUT2D eigenvalue weighted by atomic mass is 10.3. The lowest BCUT2D eigenvalue weighted by Gasteiger charge is -2.02. The zero-order valence-corrected chi connectivity index (χ0v) is 12.0. The number of rotatable bonds is 3. The van der Waals surface area contributed by atoms with E-state index in [4.69, 9.17) is 11.6 Å². The number of carbonyl (C=O) groups is 1. The lowest BCUT2D eigenvalue weighted by Crippen LogP contribution is -2.15. The van der Waals surface area contributed by atoms with Gasteiger partial charge in [0.2, 0.25) is 5.82 Å². The fourth-order valence-corrected chi connectivity index (χ4v) is 2.12. The second kappa shape index (κ2) is 5.87. The van der Waals surface area contributed by atoms with Gasteiger partial charge in [0.1, 0.15) is 0 Å². The van der Waals surface area contributed by atoms with E-state index in [1.165, 1.54) is 0 Å². The first-order chi connectivity index (χ1) is 10.6. The number of halogens is 1. The summed E-state index contributed by atoms with van der Waals surface area (Å²) in [5, 5.41) is 7.12. The number of hydrogen-bond donors (Lipinski definition) is 2. The number of para-hydroxylation sites is 1. The molecule has 22 heavy (non-hydrogen) atoms. The molecule has 3 aromatic rings. The smallest absolute Gasteiger partial charge is 0.319 e. The van der Waals surface area contributed by atoms with Crippen molar-refractivity contribution >= 4 is 23.2 Å². The van der Waals surface area contributed by atoms with Gasteiger partial charge in [-0.1, -0.05) is 35.9 Å². The van der Waals surface area contributed by atoms with Gasteiger partial charge < -0.3 is 5.32 Å². The molecule has 0 fully saturated rings. The molecule has 0 aliphatic carbocycles. The van der Waals surface area contributed by atoms with Gasteiger partial charge in [-0.2, -0.15) is 4.68 Å². The average molecular weight is 315 g/mol. The molecule has 3 rings (SSSR count). The van der Waals surface area contributed by atoms with Crippen LogP contribution in [0.25, 0.3) is 5.69 Å². The molecule has 0 aliphatic heterocycles. The Hall–Kier alpha value is -2.86. The Morgan fingerprint density at radius 3 is 2.64 bits per heavy atom. The van der Waals surface area contributed by atoms with E-state index in [1.54, 1.807) is 48.5 Å². The molecule has 2 aromatic carbocycles. The van der Waals surface area contributed by atoms with E-state index in [0.29, 0.717) is 16.4 Å². The Morgan fingerprint density at radius 1 is 1.14 bits per heavy atom. The number of amides is 1. The fraction of sp³-hybridized carbons (Fsp3) is 0. The summed E-state index contributed by atoms with van der Waals surface area (Å²) in [5.41, 5.74) is 0.612. The Balaban J connectivity index is 1.87. The molecule has 0 spiro atoms. The van der Waals surface area contributed by atoms with Crippen LogP contribution in [0.2, 0.25) is 5.02 Å². The highest BCUT2D eigenvalue weighted by Gasteiger charge is 2.14. The van der Waals surface area contributed by atoms with Gasteiger partial charge >= 0.3 is 5.69 Å². The third-order valence-corrected chi connectivity index (χ3v) is 3.15. The number of nitrogens with zero attached hydrogens (tertiary/aromatic N) is 2. The normalized spacial score (nSPS) is 10.4. The van der Waals surface area contributed by atoms with Crippen molar-refractivity contribution in [1.82, 2.24) is 14.8 Å². The van der Waals surface area contributed by atoms with Crippen LogP contribution >= 0.6 is 11.6 Å². The maximum absolute atomic E-state index is 12.1. The monoisotopic (exact) mass is 314 g/mol. The lowest BCUT2D eigenvalue weighted by molar-refractivity contribution is 0.101. The van der Waals surface area contributed by atoms with Gasteiger partial charge in [0.05, 0.1) is 5.69 Å². The van der Waals surface area contributed by atoms with E-state index in [9.17, 15) is 9.59 Å². The van der Waals surface area contributed by atoms with Gasteiger partial charge in [-0.25, -0.2) is 4.79 Å². The van der Waals surface area contributed by atoms with Crippen LogP contribution in [-0.4, -0.2) is 20.7 Å². The number of benzene rings is 2. The predicted octanol–water partition coefficient (Wildman–Crippen LogP) is 2.47. The molecule has 7 heteroatoms. The highest BCUT2D eigenvalue weighted by molar-refractivity contribution is 6.30. The van der Waals surface area contributed by atoms with E-state index in [2.05, 4.69) is 15.4 Å². The van der Waals surface area contributed by atoms with Crippen LogP contribution in [0.3, 0.4) is 0 Å². The maximum atomic E-state index is 12.1.